The third kappa shape index (κ3) is 5.03. The van der Waals surface area contributed by atoms with Gasteiger partial charge in [0.05, 0.1) is 0 Å². The van der Waals surface area contributed by atoms with Gasteiger partial charge in [0.2, 0.25) is 0 Å². The van der Waals surface area contributed by atoms with E-state index in [1.165, 1.54) is 5.56 Å². The third-order valence-corrected chi connectivity index (χ3v) is 2.44. The molecule has 1 aromatic rings. The van der Waals surface area contributed by atoms with Crippen LogP contribution in [0.2, 0.25) is 0 Å². The Kier molecular flexibility index (Phi) is 5.72. The molecule has 88 valence electrons. The molecule has 1 aromatic carbocycles. The van der Waals surface area contributed by atoms with E-state index in [2.05, 4.69) is 10.6 Å². The van der Waals surface area contributed by atoms with Crippen LogP contribution in [0.1, 0.15) is 17.5 Å². The van der Waals surface area contributed by atoms with Crippen LogP contribution in [-0.4, -0.2) is 18.5 Å². The maximum Gasteiger partial charge on any atom is 0.315 e. The Hall–Kier alpha value is -1.22. The Morgan fingerprint density at radius 2 is 1.94 bits per heavy atom. The van der Waals surface area contributed by atoms with Crippen LogP contribution in [0.25, 0.3) is 0 Å². The van der Waals surface area contributed by atoms with Crippen molar-refractivity contribution < 1.29 is 4.79 Å². The lowest BCUT2D eigenvalue weighted by molar-refractivity contribution is 0.240. The van der Waals surface area contributed by atoms with Crippen LogP contribution in [0.5, 0.6) is 0 Å². The summed E-state index contributed by atoms with van der Waals surface area (Å²) < 4.78 is 0. The van der Waals surface area contributed by atoms with Crippen molar-refractivity contribution in [2.24, 2.45) is 0 Å². The van der Waals surface area contributed by atoms with Crippen LogP contribution in [0.15, 0.2) is 24.3 Å². The molecule has 0 saturated carbocycles. The van der Waals surface area contributed by atoms with Crippen LogP contribution in [0.3, 0.4) is 0 Å². The molecule has 0 aliphatic carbocycles. The first kappa shape index (κ1) is 12.8. The SMILES string of the molecule is Cc1ccc(CNC(=O)NCCCCl)cc1. The van der Waals surface area contributed by atoms with Crippen molar-refractivity contribution in [1.82, 2.24) is 10.6 Å². The first-order chi connectivity index (χ1) is 7.72. The van der Waals surface area contributed by atoms with Gasteiger partial charge in [-0.05, 0) is 18.9 Å². The van der Waals surface area contributed by atoms with Gasteiger partial charge in [0.1, 0.15) is 0 Å². The maximum atomic E-state index is 11.3. The summed E-state index contributed by atoms with van der Waals surface area (Å²) in [5.41, 5.74) is 2.31. The number of aryl methyl sites for hydroxylation is 1. The monoisotopic (exact) mass is 240 g/mol. The zero-order chi connectivity index (χ0) is 11.8. The lowest BCUT2D eigenvalue weighted by Gasteiger charge is -2.07. The van der Waals surface area contributed by atoms with Gasteiger partial charge in [-0.25, -0.2) is 4.79 Å². The number of hydrogen-bond donors (Lipinski definition) is 2. The number of rotatable bonds is 5. The molecule has 0 atom stereocenters. The van der Waals surface area contributed by atoms with Gasteiger partial charge in [-0.15, -0.1) is 11.6 Å². The molecule has 4 heteroatoms. The molecule has 3 nitrogen and oxygen atoms in total. The summed E-state index contributed by atoms with van der Waals surface area (Å²) in [7, 11) is 0. The lowest BCUT2D eigenvalue weighted by atomic mass is 10.1. The normalized spacial score (nSPS) is 9.88. The second kappa shape index (κ2) is 7.12. The largest absolute Gasteiger partial charge is 0.338 e. The van der Waals surface area contributed by atoms with E-state index < -0.39 is 0 Å². The maximum absolute atomic E-state index is 11.3. The Balaban J connectivity index is 2.23. The third-order valence-electron chi connectivity index (χ3n) is 2.17. The van der Waals surface area contributed by atoms with E-state index in [4.69, 9.17) is 11.6 Å². The molecule has 0 radical (unpaired) electrons. The predicted octanol–water partition coefficient (Wildman–Crippen LogP) is 2.42. The van der Waals surface area contributed by atoms with Crippen molar-refractivity contribution in [3.05, 3.63) is 35.4 Å². The van der Waals surface area contributed by atoms with Crippen molar-refractivity contribution in [1.29, 1.82) is 0 Å². The number of urea groups is 1. The molecule has 0 heterocycles. The number of benzene rings is 1. The summed E-state index contributed by atoms with van der Waals surface area (Å²) in [6, 6.07) is 7.93. The number of nitrogens with one attached hydrogen (secondary N) is 2. The van der Waals surface area contributed by atoms with Gasteiger partial charge >= 0.3 is 6.03 Å². The Bertz CT molecular complexity index is 324. The molecule has 1 rings (SSSR count). The van der Waals surface area contributed by atoms with Gasteiger partial charge in [-0.1, -0.05) is 29.8 Å². The van der Waals surface area contributed by atoms with E-state index in [1.54, 1.807) is 0 Å². The fourth-order valence-electron chi connectivity index (χ4n) is 1.22. The number of amides is 2. The lowest BCUT2D eigenvalue weighted by Crippen LogP contribution is -2.35. The minimum atomic E-state index is -0.148. The Morgan fingerprint density at radius 1 is 1.25 bits per heavy atom. The summed E-state index contributed by atoms with van der Waals surface area (Å²) in [6.07, 6.45) is 0.791. The number of alkyl halides is 1. The highest BCUT2D eigenvalue weighted by Crippen LogP contribution is 2.02. The highest BCUT2D eigenvalue weighted by atomic mass is 35.5. The zero-order valence-corrected chi connectivity index (χ0v) is 10.2. The minimum absolute atomic E-state index is 0.148. The van der Waals surface area contributed by atoms with E-state index in [0.29, 0.717) is 19.0 Å². The molecular formula is C12H17ClN2O. The van der Waals surface area contributed by atoms with Crippen LogP contribution in [0, 0.1) is 6.92 Å². The second-order valence-corrected chi connectivity index (χ2v) is 4.02. The standard InChI is InChI=1S/C12H17ClN2O/c1-10-3-5-11(6-4-10)9-15-12(16)14-8-2-7-13/h3-6H,2,7-9H2,1H3,(H2,14,15,16). The predicted molar refractivity (Wildman–Crippen MR) is 66.8 cm³/mol. The molecule has 0 unspecified atom stereocenters. The second-order valence-electron chi connectivity index (χ2n) is 3.64. The van der Waals surface area contributed by atoms with Gasteiger partial charge in [-0.3, -0.25) is 0 Å². The number of halogens is 1. The summed E-state index contributed by atoms with van der Waals surface area (Å²) in [5.74, 6) is 0.568. The average molecular weight is 241 g/mol. The molecule has 0 spiro atoms. The molecule has 16 heavy (non-hydrogen) atoms. The summed E-state index contributed by atoms with van der Waals surface area (Å²) in [4.78, 5) is 11.3. The molecule has 0 aliphatic heterocycles. The van der Waals surface area contributed by atoms with Gasteiger partial charge in [0.15, 0.2) is 0 Å². The van der Waals surface area contributed by atoms with Crippen molar-refractivity contribution in [2.75, 3.05) is 12.4 Å². The Morgan fingerprint density at radius 3 is 2.56 bits per heavy atom. The van der Waals surface area contributed by atoms with E-state index in [0.717, 1.165) is 12.0 Å². The van der Waals surface area contributed by atoms with Gasteiger partial charge < -0.3 is 10.6 Å². The fourth-order valence-corrected chi connectivity index (χ4v) is 1.35. The molecule has 2 amide bonds. The van der Waals surface area contributed by atoms with Gasteiger partial charge in [0, 0.05) is 19.0 Å². The fraction of sp³-hybridized carbons (Fsp3) is 0.417. The van der Waals surface area contributed by atoms with Crippen LogP contribution in [-0.2, 0) is 6.54 Å². The molecule has 2 N–H and O–H groups in total. The van der Waals surface area contributed by atoms with Gasteiger partial charge in [-0.2, -0.15) is 0 Å². The molecule has 0 fully saturated rings. The van der Waals surface area contributed by atoms with E-state index in [1.807, 2.05) is 31.2 Å². The first-order valence-electron chi connectivity index (χ1n) is 5.35. The zero-order valence-electron chi connectivity index (χ0n) is 9.42. The van der Waals surface area contributed by atoms with E-state index in [9.17, 15) is 4.79 Å². The van der Waals surface area contributed by atoms with Gasteiger partial charge in [0.25, 0.3) is 0 Å². The minimum Gasteiger partial charge on any atom is -0.338 e. The number of hydrogen-bond acceptors (Lipinski definition) is 1. The smallest absolute Gasteiger partial charge is 0.315 e. The first-order valence-corrected chi connectivity index (χ1v) is 5.89. The van der Waals surface area contributed by atoms with Crippen LogP contribution < -0.4 is 10.6 Å². The molecule has 0 saturated heterocycles. The molecule has 0 bridgehead atoms. The van der Waals surface area contributed by atoms with E-state index >= 15 is 0 Å². The number of carbonyl (C=O) groups excluding carboxylic acids is 1. The topological polar surface area (TPSA) is 41.1 Å². The van der Waals surface area contributed by atoms with Crippen molar-refractivity contribution in [2.45, 2.75) is 19.9 Å². The van der Waals surface area contributed by atoms with Crippen molar-refractivity contribution >= 4 is 17.6 Å². The number of carbonyl (C=O) groups is 1. The molecule has 0 aliphatic rings. The highest BCUT2D eigenvalue weighted by molar-refractivity contribution is 6.17. The molecule has 0 aromatic heterocycles. The van der Waals surface area contributed by atoms with Crippen molar-refractivity contribution in [3.63, 3.8) is 0 Å². The summed E-state index contributed by atoms with van der Waals surface area (Å²) in [6.45, 7) is 3.20. The molecular weight excluding hydrogens is 224 g/mol. The average Bonchev–Trinajstić information content (AvgIpc) is 2.29. The highest BCUT2D eigenvalue weighted by Gasteiger charge is 1.98. The summed E-state index contributed by atoms with van der Waals surface area (Å²) >= 11 is 5.50. The van der Waals surface area contributed by atoms with Crippen LogP contribution >= 0.6 is 11.6 Å². The van der Waals surface area contributed by atoms with Crippen molar-refractivity contribution in [3.8, 4) is 0 Å². The van der Waals surface area contributed by atoms with Crippen LogP contribution in [0.4, 0.5) is 4.79 Å². The Labute approximate surface area is 101 Å². The summed E-state index contributed by atoms with van der Waals surface area (Å²) in [5, 5.41) is 5.51. The van der Waals surface area contributed by atoms with E-state index in [-0.39, 0.29) is 6.03 Å². The quantitative estimate of drug-likeness (QED) is 0.602.